The van der Waals surface area contributed by atoms with Gasteiger partial charge < -0.3 is 4.90 Å². The van der Waals surface area contributed by atoms with Crippen LogP contribution in [-0.2, 0) is 0 Å². The van der Waals surface area contributed by atoms with Gasteiger partial charge in [0.25, 0.3) is 5.91 Å². The number of alkyl halides is 1. The summed E-state index contributed by atoms with van der Waals surface area (Å²) < 4.78 is 0. The van der Waals surface area contributed by atoms with Crippen LogP contribution in [0.4, 0.5) is 0 Å². The van der Waals surface area contributed by atoms with Crippen molar-refractivity contribution in [3.05, 3.63) is 33.8 Å². The molecular formula is C12H14BrCl2NO. The molecular weight excluding hydrogens is 325 g/mol. The van der Waals surface area contributed by atoms with Crippen molar-refractivity contribution in [3.63, 3.8) is 0 Å². The highest BCUT2D eigenvalue weighted by molar-refractivity contribution is 9.09. The summed E-state index contributed by atoms with van der Waals surface area (Å²) in [7, 11) is 0. The number of carbonyl (C=O) groups excluding carboxylic acids is 1. The zero-order chi connectivity index (χ0) is 12.8. The van der Waals surface area contributed by atoms with Gasteiger partial charge in [-0.25, -0.2) is 0 Å². The van der Waals surface area contributed by atoms with E-state index in [2.05, 4.69) is 15.9 Å². The second kappa shape index (κ2) is 7.24. The average molecular weight is 339 g/mol. The van der Waals surface area contributed by atoms with Crippen molar-refractivity contribution in [1.82, 2.24) is 4.90 Å². The number of hydrogen-bond acceptors (Lipinski definition) is 1. The molecule has 1 amide bonds. The predicted octanol–water partition coefficient (Wildman–Crippen LogP) is 4.24. The fourth-order valence-electron chi connectivity index (χ4n) is 1.51. The Morgan fingerprint density at radius 3 is 2.41 bits per heavy atom. The topological polar surface area (TPSA) is 20.3 Å². The first-order chi connectivity index (χ1) is 8.11. The fraction of sp³-hybridized carbons (Fsp3) is 0.417. The number of rotatable bonds is 5. The quantitative estimate of drug-likeness (QED) is 0.735. The number of benzene rings is 1. The Morgan fingerprint density at radius 1 is 1.35 bits per heavy atom. The van der Waals surface area contributed by atoms with Crippen LogP contribution >= 0.6 is 39.1 Å². The van der Waals surface area contributed by atoms with E-state index in [-0.39, 0.29) is 5.91 Å². The van der Waals surface area contributed by atoms with Crippen LogP contribution in [0.1, 0.15) is 23.7 Å². The minimum atomic E-state index is -0.107. The highest BCUT2D eigenvalue weighted by atomic mass is 79.9. The maximum absolute atomic E-state index is 12.3. The molecule has 0 saturated heterocycles. The molecule has 0 heterocycles. The standard InChI is InChI=1S/C12H14BrCl2NO/c1-2-16(8-4-7-13)12(17)11-9(14)5-3-6-10(11)15/h3,5-6H,2,4,7-8H2,1H3. The molecule has 0 radical (unpaired) electrons. The summed E-state index contributed by atoms with van der Waals surface area (Å²) in [6.07, 6.45) is 0.904. The smallest absolute Gasteiger partial charge is 0.256 e. The number of amides is 1. The van der Waals surface area contributed by atoms with Crippen molar-refractivity contribution < 1.29 is 4.79 Å². The van der Waals surface area contributed by atoms with Gasteiger partial charge >= 0.3 is 0 Å². The lowest BCUT2D eigenvalue weighted by molar-refractivity contribution is 0.0765. The number of nitrogens with zero attached hydrogens (tertiary/aromatic N) is 1. The molecule has 0 bridgehead atoms. The summed E-state index contributed by atoms with van der Waals surface area (Å²) in [5.74, 6) is -0.107. The lowest BCUT2D eigenvalue weighted by atomic mass is 10.2. The predicted molar refractivity (Wildman–Crippen MR) is 76.5 cm³/mol. The Balaban J connectivity index is 2.93. The maximum atomic E-state index is 12.3. The maximum Gasteiger partial charge on any atom is 0.256 e. The third-order valence-corrected chi connectivity index (χ3v) is 3.60. The second-order valence-corrected chi connectivity index (χ2v) is 5.13. The molecule has 0 unspecified atom stereocenters. The van der Waals surface area contributed by atoms with Crippen LogP contribution in [0, 0.1) is 0 Å². The normalized spacial score (nSPS) is 10.4. The highest BCUT2D eigenvalue weighted by Crippen LogP contribution is 2.25. The van der Waals surface area contributed by atoms with E-state index in [4.69, 9.17) is 23.2 Å². The lowest BCUT2D eigenvalue weighted by Crippen LogP contribution is -2.32. The molecule has 0 aliphatic carbocycles. The Morgan fingerprint density at radius 2 is 1.94 bits per heavy atom. The van der Waals surface area contributed by atoms with E-state index >= 15 is 0 Å². The first kappa shape index (κ1) is 14.8. The van der Waals surface area contributed by atoms with E-state index in [9.17, 15) is 4.79 Å². The minimum absolute atomic E-state index is 0.107. The molecule has 0 spiro atoms. The summed E-state index contributed by atoms with van der Waals surface area (Å²) in [5, 5.41) is 1.67. The van der Waals surface area contributed by atoms with Crippen LogP contribution in [0.25, 0.3) is 0 Å². The molecule has 0 fully saturated rings. The van der Waals surface area contributed by atoms with Crippen LogP contribution in [0.5, 0.6) is 0 Å². The van der Waals surface area contributed by atoms with Crippen molar-refractivity contribution in [2.45, 2.75) is 13.3 Å². The highest BCUT2D eigenvalue weighted by Gasteiger charge is 2.19. The molecule has 1 aromatic carbocycles. The van der Waals surface area contributed by atoms with Crippen LogP contribution < -0.4 is 0 Å². The van der Waals surface area contributed by atoms with Gasteiger partial charge in [0, 0.05) is 18.4 Å². The molecule has 17 heavy (non-hydrogen) atoms. The summed E-state index contributed by atoms with van der Waals surface area (Å²) in [4.78, 5) is 14.0. The Bertz CT molecular complexity index is 378. The molecule has 94 valence electrons. The van der Waals surface area contributed by atoms with Crippen molar-refractivity contribution in [3.8, 4) is 0 Å². The van der Waals surface area contributed by atoms with Crippen molar-refractivity contribution in [2.24, 2.45) is 0 Å². The first-order valence-electron chi connectivity index (χ1n) is 5.41. The molecule has 0 aliphatic heterocycles. The molecule has 0 aromatic heterocycles. The Labute approximate surface area is 120 Å². The molecule has 5 heteroatoms. The van der Waals surface area contributed by atoms with Gasteiger partial charge in [0.05, 0.1) is 15.6 Å². The molecule has 1 aromatic rings. The van der Waals surface area contributed by atoms with Gasteiger partial charge in [-0.3, -0.25) is 4.79 Å². The molecule has 2 nitrogen and oxygen atoms in total. The molecule has 0 aliphatic rings. The van der Waals surface area contributed by atoms with Gasteiger partial charge in [0.1, 0.15) is 0 Å². The molecule has 0 saturated carbocycles. The third kappa shape index (κ3) is 3.87. The summed E-state index contributed by atoms with van der Waals surface area (Å²) in [5.41, 5.74) is 0.396. The summed E-state index contributed by atoms with van der Waals surface area (Å²) >= 11 is 15.4. The van der Waals surface area contributed by atoms with Crippen LogP contribution in [0.3, 0.4) is 0 Å². The second-order valence-electron chi connectivity index (χ2n) is 3.52. The van der Waals surface area contributed by atoms with Gasteiger partial charge in [-0.05, 0) is 25.5 Å². The summed E-state index contributed by atoms with van der Waals surface area (Å²) in [6.45, 7) is 3.28. The fourth-order valence-corrected chi connectivity index (χ4v) is 2.32. The van der Waals surface area contributed by atoms with Gasteiger partial charge in [0.15, 0.2) is 0 Å². The van der Waals surface area contributed by atoms with Crippen molar-refractivity contribution in [1.29, 1.82) is 0 Å². The van der Waals surface area contributed by atoms with E-state index in [1.165, 1.54) is 0 Å². The summed E-state index contributed by atoms with van der Waals surface area (Å²) in [6, 6.07) is 5.09. The Hall–Kier alpha value is -0.250. The number of hydrogen-bond donors (Lipinski definition) is 0. The van der Waals surface area contributed by atoms with E-state index in [0.29, 0.717) is 28.7 Å². The average Bonchev–Trinajstić information content (AvgIpc) is 2.30. The Kier molecular flexibility index (Phi) is 6.31. The monoisotopic (exact) mass is 337 g/mol. The van der Waals surface area contributed by atoms with Crippen molar-refractivity contribution >= 4 is 45.0 Å². The lowest BCUT2D eigenvalue weighted by Gasteiger charge is -2.21. The molecule has 1 rings (SSSR count). The van der Waals surface area contributed by atoms with Crippen molar-refractivity contribution in [2.75, 3.05) is 18.4 Å². The minimum Gasteiger partial charge on any atom is -0.339 e. The molecule has 0 N–H and O–H groups in total. The zero-order valence-electron chi connectivity index (χ0n) is 9.55. The van der Waals surface area contributed by atoms with E-state index < -0.39 is 0 Å². The van der Waals surface area contributed by atoms with E-state index in [1.54, 1.807) is 23.1 Å². The van der Waals surface area contributed by atoms with Crippen LogP contribution in [0.2, 0.25) is 10.0 Å². The largest absolute Gasteiger partial charge is 0.339 e. The third-order valence-electron chi connectivity index (χ3n) is 2.41. The van der Waals surface area contributed by atoms with Crippen LogP contribution in [-0.4, -0.2) is 29.2 Å². The first-order valence-corrected chi connectivity index (χ1v) is 7.28. The number of carbonyl (C=O) groups is 1. The van der Waals surface area contributed by atoms with Gasteiger partial charge in [-0.15, -0.1) is 0 Å². The van der Waals surface area contributed by atoms with Gasteiger partial charge in [-0.2, -0.15) is 0 Å². The van der Waals surface area contributed by atoms with E-state index in [1.807, 2.05) is 6.92 Å². The van der Waals surface area contributed by atoms with Crippen LogP contribution in [0.15, 0.2) is 18.2 Å². The van der Waals surface area contributed by atoms with Gasteiger partial charge in [0.2, 0.25) is 0 Å². The number of halogens is 3. The molecule has 0 atom stereocenters. The van der Waals surface area contributed by atoms with E-state index in [0.717, 1.165) is 11.8 Å². The zero-order valence-corrected chi connectivity index (χ0v) is 12.6. The van der Waals surface area contributed by atoms with Gasteiger partial charge in [-0.1, -0.05) is 45.2 Å². The SMILES string of the molecule is CCN(CCCBr)C(=O)c1c(Cl)cccc1Cl.